The maximum atomic E-state index is 2.47. The third-order valence-electron chi connectivity index (χ3n) is 11.8. The van der Waals surface area contributed by atoms with Crippen LogP contribution in [0.3, 0.4) is 0 Å². The van der Waals surface area contributed by atoms with Crippen molar-refractivity contribution in [1.29, 1.82) is 0 Å². The Bertz CT molecular complexity index is 3280. The van der Waals surface area contributed by atoms with Crippen LogP contribution in [0.5, 0.6) is 0 Å². The molecule has 0 amide bonds. The monoisotopic (exact) mass is 710 g/mol. The summed E-state index contributed by atoms with van der Waals surface area (Å²) in [5, 5.41) is 12.5. The lowest BCUT2D eigenvalue weighted by molar-refractivity contribution is 1.18. The molecule has 0 aliphatic heterocycles. The zero-order chi connectivity index (χ0) is 36.7. The maximum absolute atomic E-state index is 2.47. The quantitative estimate of drug-likeness (QED) is 0.172. The molecule has 0 atom stereocenters. The molecule has 2 heterocycles. The molecule has 0 radical (unpaired) electrons. The van der Waals surface area contributed by atoms with Crippen molar-refractivity contribution >= 4 is 75.9 Å². The van der Waals surface area contributed by atoms with Crippen LogP contribution in [-0.4, -0.2) is 9.13 Å². The fourth-order valence-corrected chi connectivity index (χ4v) is 9.22. The molecular weight excluding hydrogens is 677 g/mol. The summed E-state index contributed by atoms with van der Waals surface area (Å²) >= 11 is 0. The van der Waals surface area contributed by atoms with Crippen molar-refractivity contribution in [3.63, 3.8) is 0 Å². The van der Waals surface area contributed by atoms with Gasteiger partial charge in [-0.2, -0.15) is 0 Å². The Morgan fingerprint density at radius 2 is 0.643 bits per heavy atom. The van der Waals surface area contributed by atoms with Gasteiger partial charge in [0.15, 0.2) is 0 Å². The van der Waals surface area contributed by atoms with Crippen molar-refractivity contribution < 1.29 is 0 Å². The molecule has 10 aromatic carbocycles. The van der Waals surface area contributed by atoms with Crippen LogP contribution in [0.1, 0.15) is 0 Å². The number of nitrogens with zero attached hydrogens (tertiary/aromatic N) is 2. The molecular formula is C54H34N2. The number of rotatable bonds is 4. The van der Waals surface area contributed by atoms with Crippen molar-refractivity contribution in [2.45, 2.75) is 0 Å². The van der Waals surface area contributed by atoms with Gasteiger partial charge in [-0.3, -0.25) is 0 Å². The Kier molecular flexibility index (Phi) is 6.66. The molecule has 0 spiro atoms. The Balaban J connectivity index is 1.06. The SMILES string of the molecule is c1ccc(-c2ccc3c(c2)c2ccc4ccccc4c2n3-c2ccc3cc(-n4c5ccc(-c6ccccc6)cc5c5ccc6ccccc6c54)ccc3c2)cc1. The molecule has 0 fully saturated rings. The van der Waals surface area contributed by atoms with Crippen molar-refractivity contribution in [1.82, 2.24) is 9.13 Å². The van der Waals surface area contributed by atoms with Gasteiger partial charge in [0.1, 0.15) is 0 Å². The van der Waals surface area contributed by atoms with Gasteiger partial charge in [0.05, 0.1) is 22.1 Å². The minimum Gasteiger partial charge on any atom is -0.309 e. The highest BCUT2D eigenvalue weighted by Gasteiger charge is 2.19. The van der Waals surface area contributed by atoms with E-state index in [9.17, 15) is 0 Å². The molecule has 0 N–H and O–H groups in total. The van der Waals surface area contributed by atoms with Crippen LogP contribution in [0, 0.1) is 0 Å². The number of hydrogen-bond donors (Lipinski definition) is 0. The topological polar surface area (TPSA) is 9.86 Å². The summed E-state index contributed by atoms with van der Waals surface area (Å²) in [6, 6.07) is 75.8. The minimum absolute atomic E-state index is 1.16. The molecule has 2 nitrogen and oxygen atoms in total. The van der Waals surface area contributed by atoms with E-state index < -0.39 is 0 Å². The van der Waals surface area contributed by atoms with Crippen LogP contribution in [0.4, 0.5) is 0 Å². The van der Waals surface area contributed by atoms with Gasteiger partial charge >= 0.3 is 0 Å². The van der Waals surface area contributed by atoms with Gasteiger partial charge in [0.25, 0.3) is 0 Å². The van der Waals surface area contributed by atoms with Crippen molar-refractivity contribution in [2.24, 2.45) is 0 Å². The average Bonchev–Trinajstić information content (AvgIpc) is 3.79. The van der Waals surface area contributed by atoms with Gasteiger partial charge in [-0.1, -0.05) is 158 Å². The van der Waals surface area contributed by atoms with Gasteiger partial charge in [-0.15, -0.1) is 0 Å². The van der Waals surface area contributed by atoms with Crippen molar-refractivity contribution in [3.05, 3.63) is 206 Å². The molecule has 2 aromatic heterocycles. The summed E-state index contributed by atoms with van der Waals surface area (Å²) in [7, 11) is 0. The van der Waals surface area contributed by atoms with Crippen LogP contribution >= 0.6 is 0 Å². The van der Waals surface area contributed by atoms with E-state index in [-0.39, 0.29) is 0 Å². The second kappa shape index (κ2) is 12.0. The van der Waals surface area contributed by atoms with E-state index in [1.54, 1.807) is 0 Å². The zero-order valence-electron chi connectivity index (χ0n) is 30.5. The summed E-state index contributed by atoms with van der Waals surface area (Å²) < 4.78 is 4.94. The summed E-state index contributed by atoms with van der Waals surface area (Å²) in [4.78, 5) is 0. The lowest BCUT2D eigenvalue weighted by Gasteiger charge is -2.13. The Hall–Kier alpha value is -7.42. The Morgan fingerprint density at radius 3 is 1.11 bits per heavy atom. The van der Waals surface area contributed by atoms with E-state index in [0.717, 1.165) is 11.4 Å². The molecule has 56 heavy (non-hydrogen) atoms. The summed E-state index contributed by atoms with van der Waals surface area (Å²) in [6.45, 7) is 0. The smallest absolute Gasteiger partial charge is 0.0619 e. The first-order valence-electron chi connectivity index (χ1n) is 19.3. The van der Waals surface area contributed by atoms with E-state index in [0.29, 0.717) is 0 Å². The van der Waals surface area contributed by atoms with Crippen LogP contribution in [-0.2, 0) is 0 Å². The first-order chi connectivity index (χ1) is 27.8. The van der Waals surface area contributed by atoms with Gasteiger partial charge in [-0.25, -0.2) is 0 Å². The number of fused-ring (bicyclic) bond motifs is 11. The largest absolute Gasteiger partial charge is 0.309 e. The molecule has 0 aliphatic carbocycles. The van der Waals surface area contributed by atoms with Crippen LogP contribution < -0.4 is 0 Å². The molecule has 260 valence electrons. The maximum Gasteiger partial charge on any atom is 0.0619 e. The zero-order valence-corrected chi connectivity index (χ0v) is 30.5. The fraction of sp³-hybridized carbons (Fsp3) is 0. The highest BCUT2D eigenvalue weighted by atomic mass is 15.0. The molecule has 0 unspecified atom stereocenters. The van der Waals surface area contributed by atoms with Crippen molar-refractivity contribution in [2.75, 3.05) is 0 Å². The Morgan fingerprint density at radius 1 is 0.232 bits per heavy atom. The minimum atomic E-state index is 1.16. The molecule has 2 heteroatoms. The number of hydrogen-bond acceptors (Lipinski definition) is 0. The van der Waals surface area contributed by atoms with Gasteiger partial charge < -0.3 is 9.13 Å². The first kappa shape index (κ1) is 31.0. The second-order valence-electron chi connectivity index (χ2n) is 14.9. The average molecular weight is 711 g/mol. The second-order valence-corrected chi connectivity index (χ2v) is 14.9. The van der Waals surface area contributed by atoms with Gasteiger partial charge in [-0.05, 0) is 92.3 Å². The van der Waals surface area contributed by atoms with E-state index in [2.05, 4.69) is 215 Å². The van der Waals surface area contributed by atoms with Crippen molar-refractivity contribution in [3.8, 4) is 33.6 Å². The molecule has 0 saturated carbocycles. The molecule has 0 aliphatic rings. The van der Waals surface area contributed by atoms with E-state index >= 15 is 0 Å². The van der Waals surface area contributed by atoms with Gasteiger partial charge in [0, 0.05) is 43.7 Å². The standard InChI is InChI=1S/C54H34N2/c1-3-11-35(12-4-1)41-23-29-51-49(33-41)47-27-21-37-15-7-9-17-45(37)53(47)55(51)43-25-19-40-32-44(26-20-39(40)31-43)56-52-30-24-42(36-13-5-2-6-14-36)34-50(52)48-28-22-38-16-8-10-18-46(38)54(48)56/h1-34H. The highest BCUT2D eigenvalue weighted by molar-refractivity contribution is 6.20. The third-order valence-corrected chi connectivity index (χ3v) is 11.8. The number of benzene rings is 10. The molecule has 12 rings (SSSR count). The third kappa shape index (κ3) is 4.63. The normalized spacial score (nSPS) is 11.9. The Labute approximate surface area is 323 Å². The van der Waals surface area contributed by atoms with E-state index in [1.165, 1.54) is 98.2 Å². The van der Waals surface area contributed by atoms with E-state index in [4.69, 9.17) is 0 Å². The molecule has 12 aromatic rings. The lowest BCUT2D eigenvalue weighted by atomic mass is 10.0. The predicted molar refractivity (Wildman–Crippen MR) is 239 cm³/mol. The van der Waals surface area contributed by atoms with Crippen LogP contribution in [0.2, 0.25) is 0 Å². The first-order valence-corrected chi connectivity index (χ1v) is 19.3. The molecule has 0 bridgehead atoms. The lowest BCUT2D eigenvalue weighted by Crippen LogP contribution is -1.96. The van der Waals surface area contributed by atoms with Gasteiger partial charge in [0.2, 0.25) is 0 Å². The van der Waals surface area contributed by atoms with Crippen LogP contribution in [0.15, 0.2) is 206 Å². The fourth-order valence-electron chi connectivity index (χ4n) is 9.22. The van der Waals surface area contributed by atoms with Crippen LogP contribution in [0.25, 0.3) is 110 Å². The summed E-state index contributed by atoms with van der Waals surface area (Å²) in [5.74, 6) is 0. The highest BCUT2D eigenvalue weighted by Crippen LogP contribution is 2.41. The van der Waals surface area contributed by atoms with E-state index in [1.807, 2.05) is 0 Å². The summed E-state index contributed by atoms with van der Waals surface area (Å²) in [5.41, 5.74) is 12.1. The number of aromatic nitrogens is 2. The molecule has 0 saturated heterocycles. The summed E-state index contributed by atoms with van der Waals surface area (Å²) in [6.07, 6.45) is 0. The predicted octanol–water partition coefficient (Wildman–Crippen LogP) is 14.7.